The molecule has 7 aromatic rings. The van der Waals surface area contributed by atoms with Crippen molar-refractivity contribution in [3.05, 3.63) is 144 Å². The van der Waals surface area contributed by atoms with Crippen LogP contribution in [-0.2, 0) is 0 Å². The molecule has 8 heteroatoms. The van der Waals surface area contributed by atoms with Crippen molar-refractivity contribution in [1.82, 2.24) is 0 Å². The summed E-state index contributed by atoms with van der Waals surface area (Å²) in [7, 11) is 0. The molecule has 0 saturated heterocycles. The SMILES string of the molecule is Fc1c(F)c(F)c(-c2ccc(-c3ccc(-c4ccc(-c5ccc(-c6ccc(-c7ccccc7)s6)cc5)s4)cc3)s2)c(F)c1F. The van der Waals surface area contributed by atoms with Gasteiger partial charge in [0.05, 0.1) is 5.56 Å². The van der Waals surface area contributed by atoms with E-state index >= 15 is 0 Å². The number of thiophene rings is 3. The Bertz CT molecular complexity index is 2080. The molecule has 0 atom stereocenters. The van der Waals surface area contributed by atoms with Gasteiger partial charge < -0.3 is 0 Å². The first-order valence-corrected chi connectivity index (χ1v) is 15.9. The molecule has 0 bridgehead atoms. The van der Waals surface area contributed by atoms with Crippen LogP contribution in [0.25, 0.3) is 62.6 Å². The van der Waals surface area contributed by atoms with E-state index in [9.17, 15) is 22.0 Å². The summed E-state index contributed by atoms with van der Waals surface area (Å²) in [5.74, 6) is -9.75. The molecule has 4 aromatic carbocycles. The molecule has 0 aliphatic carbocycles. The van der Waals surface area contributed by atoms with Crippen LogP contribution in [0.3, 0.4) is 0 Å². The normalized spacial score (nSPS) is 11.3. The Hall–Kier alpha value is -4.37. The van der Waals surface area contributed by atoms with Gasteiger partial charge in [0.2, 0.25) is 5.82 Å². The molecule has 3 heterocycles. The summed E-state index contributed by atoms with van der Waals surface area (Å²) in [5.41, 5.74) is 4.37. The van der Waals surface area contributed by atoms with Gasteiger partial charge in [-0.05, 0) is 64.2 Å². The maximum Gasteiger partial charge on any atom is 0.200 e. The highest BCUT2D eigenvalue weighted by Crippen LogP contribution is 2.41. The fraction of sp³-hybridized carbons (Fsp3) is 0. The Kier molecular flexibility index (Phi) is 7.50. The van der Waals surface area contributed by atoms with E-state index < -0.39 is 34.6 Å². The van der Waals surface area contributed by atoms with Crippen LogP contribution in [-0.4, -0.2) is 0 Å². The third-order valence-electron chi connectivity index (χ3n) is 7.24. The van der Waals surface area contributed by atoms with E-state index in [0.29, 0.717) is 4.88 Å². The fourth-order valence-corrected chi connectivity index (χ4v) is 8.02. The average molecular weight is 643 g/mol. The summed E-state index contributed by atoms with van der Waals surface area (Å²) in [6, 6.07) is 38.0. The van der Waals surface area contributed by atoms with Crippen molar-refractivity contribution in [2.75, 3.05) is 0 Å². The van der Waals surface area contributed by atoms with Crippen molar-refractivity contribution in [2.45, 2.75) is 0 Å². The van der Waals surface area contributed by atoms with E-state index in [1.165, 1.54) is 26.9 Å². The Morgan fingerprint density at radius 3 is 0.909 bits per heavy atom. The van der Waals surface area contributed by atoms with Gasteiger partial charge in [-0.25, -0.2) is 22.0 Å². The molecule has 3 aromatic heterocycles. The van der Waals surface area contributed by atoms with Gasteiger partial charge in [-0.1, -0.05) is 78.9 Å². The molecule has 0 radical (unpaired) electrons. The van der Waals surface area contributed by atoms with E-state index in [0.717, 1.165) is 37.8 Å². The van der Waals surface area contributed by atoms with Gasteiger partial charge in [-0.3, -0.25) is 0 Å². The highest BCUT2D eigenvalue weighted by atomic mass is 32.1. The molecule has 0 spiro atoms. The van der Waals surface area contributed by atoms with Crippen molar-refractivity contribution in [3.63, 3.8) is 0 Å². The Morgan fingerprint density at radius 1 is 0.273 bits per heavy atom. The van der Waals surface area contributed by atoms with Crippen LogP contribution in [0.2, 0.25) is 0 Å². The van der Waals surface area contributed by atoms with Crippen LogP contribution < -0.4 is 0 Å². The van der Waals surface area contributed by atoms with Gasteiger partial charge in [0.25, 0.3) is 0 Å². The second-order valence-electron chi connectivity index (χ2n) is 9.96. The maximum atomic E-state index is 14.3. The smallest absolute Gasteiger partial charge is 0.200 e. The molecular weight excluding hydrogens is 624 g/mol. The lowest BCUT2D eigenvalue weighted by Gasteiger charge is -2.06. The standard InChI is InChI=1S/C36H19F5S3/c37-32-31(33(38)35(40)36(41)34(32)39)30-19-18-29(44-30)24-12-10-23(11-13-24)28-17-16-27(43-28)22-8-6-21(7-9-22)26-15-14-25(42-26)20-4-2-1-3-5-20/h1-19H. The molecular formula is C36H19F5S3. The second-order valence-corrected chi connectivity index (χ2v) is 13.2. The zero-order valence-electron chi connectivity index (χ0n) is 22.6. The predicted octanol–water partition coefficient (Wildman–Crippen LogP) is 12.6. The topological polar surface area (TPSA) is 0 Å². The summed E-state index contributed by atoms with van der Waals surface area (Å²) in [6.07, 6.45) is 0. The molecule has 0 amide bonds. The number of rotatable bonds is 6. The number of hydrogen-bond donors (Lipinski definition) is 0. The summed E-state index contributed by atoms with van der Waals surface area (Å²) in [5, 5.41) is 0. The van der Waals surface area contributed by atoms with Gasteiger partial charge >= 0.3 is 0 Å². The summed E-state index contributed by atoms with van der Waals surface area (Å²) >= 11 is 4.40. The Morgan fingerprint density at radius 2 is 0.545 bits per heavy atom. The highest BCUT2D eigenvalue weighted by molar-refractivity contribution is 7.19. The first kappa shape index (κ1) is 28.4. The second kappa shape index (κ2) is 11.6. The minimum atomic E-state index is -2.17. The van der Waals surface area contributed by atoms with E-state index in [-0.39, 0.29) is 4.88 Å². The fourth-order valence-electron chi connectivity index (χ4n) is 4.94. The molecule has 0 N–H and O–H groups in total. The summed E-state index contributed by atoms with van der Waals surface area (Å²) in [6.45, 7) is 0. The highest BCUT2D eigenvalue weighted by Gasteiger charge is 2.27. The quantitative estimate of drug-likeness (QED) is 0.0962. The lowest BCUT2D eigenvalue weighted by atomic mass is 10.1. The van der Waals surface area contributed by atoms with E-state index in [2.05, 4.69) is 60.7 Å². The molecule has 0 saturated carbocycles. The molecule has 0 fully saturated rings. The van der Waals surface area contributed by atoms with Crippen LogP contribution in [0.15, 0.2) is 115 Å². The van der Waals surface area contributed by atoms with Crippen molar-refractivity contribution >= 4 is 34.0 Å². The van der Waals surface area contributed by atoms with Crippen molar-refractivity contribution in [2.24, 2.45) is 0 Å². The largest absolute Gasteiger partial charge is 0.203 e. The zero-order valence-corrected chi connectivity index (χ0v) is 25.0. The number of halogens is 5. The summed E-state index contributed by atoms with van der Waals surface area (Å²) < 4.78 is 69.5. The molecule has 0 aliphatic rings. The molecule has 216 valence electrons. The average Bonchev–Trinajstić information content (AvgIpc) is 3.86. The predicted molar refractivity (Wildman–Crippen MR) is 172 cm³/mol. The molecule has 7 rings (SSSR count). The van der Waals surface area contributed by atoms with Gasteiger partial charge in [-0.2, -0.15) is 0 Å². The molecule has 0 unspecified atom stereocenters. The number of benzene rings is 4. The molecule has 0 nitrogen and oxygen atoms in total. The number of hydrogen-bond acceptors (Lipinski definition) is 3. The third kappa shape index (κ3) is 5.19. The van der Waals surface area contributed by atoms with Crippen molar-refractivity contribution in [1.29, 1.82) is 0 Å². The van der Waals surface area contributed by atoms with E-state index in [4.69, 9.17) is 0 Å². The molecule has 0 aliphatic heterocycles. The maximum absolute atomic E-state index is 14.3. The van der Waals surface area contributed by atoms with Crippen molar-refractivity contribution in [3.8, 4) is 62.6 Å². The monoisotopic (exact) mass is 642 g/mol. The lowest BCUT2D eigenvalue weighted by molar-refractivity contribution is 0.381. The van der Waals surface area contributed by atoms with Crippen LogP contribution >= 0.6 is 34.0 Å². The zero-order chi connectivity index (χ0) is 30.4. The van der Waals surface area contributed by atoms with Crippen LogP contribution in [0.4, 0.5) is 22.0 Å². The van der Waals surface area contributed by atoms with Crippen LogP contribution in [0.5, 0.6) is 0 Å². The van der Waals surface area contributed by atoms with Crippen LogP contribution in [0, 0.1) is 29.1 Å². The van der Waals surface area contributed by atoms with Gasteiger partial charge in [0, 0.05) is 29.3 Å². The summed E-state index contributed by atoms with van der Waals surface area (Å²) in [4.78, 5) is 5.27. The van der Waals surface area contributed by atoms with E-state index in [1.54, 1.807) is 28.7 Å². The third-order valence-corrected chi connectivity index (χ3v) is 10.8. The van der Waals surface area contributed by atoms with Gasteiger partial charge in [-0.15, -0.1) is 34.0 Å². The Labute approximate surface area is 262 Å². The van der Waals surface area contributed by atoms with E-state index in [1.807, 2.05) is 42.5 Å². The van der Waals surface area contributed by atoms with Gasteiger partial charge in [0.1, 0.15) is 0 Å². The minimum Gasteiger partial charge on any atom is -0.203 e. The Balaban J connectivity index is 1.08. The van der Waals surface area contributed by atoms with Crippen molar-refractivity contribution < 1.29 is 22.0 Å². The first-order valence-electron chi connectivity index (χ1n) is 13.5. The minimum absolute atomic E-state index is 0.0403. The molecule has 44 heavy (non-hydrogen) atoms. The van der Waals surface area contributed by atoms with Gasteiger partial charge in [0.15, 0.2) is 23.3 Å². The lowest BCUT2D eigenvalue weighted by Crippen LogP contribution is -2.03. The van der Waals surface area contributed by atoms with Crippen LogP contribution in [0.1, 0.15) is 0 Å². The first-order chi connectivity index (χ1) is 21.4.